The van der Waals surface area contributed by atoms with Crippen LogP contribution in [0.4, 0.5) is 5.95 Å². The molecule has 0 amide bonds. The molecule has 7 nitrogen and oxygen atoms in total. The largest absolute Gasteiger partial charge is 0.464 e. The Bertz CT molecular complexity index is 492. The third-order valence-corrected chi connectivity index (χ3v) is 1.68. The third kappa shape index (κ3) is 1.15. The molecule has 7 heteroatoms. The number of fused-ring (bicyclic) bond motifs is 1. The van der Waals surface area contributed by atoms with E-state index in [-0.39, 0.29) is 11.6 Å². The molecule has 0 saturated carbocycles. The third-order valence-electron chi connectivity index (χ3n) is 1.68. The minimum absolute atomic E-state index is 0.153. The molecule has 2 aromatic rings. The van der Waals surface area contributed by atoms with Crippen molar-refractivity contribution in [3.63, 3.8) is 0 Å². The SMILES string of the molecule is COC(=O)c1cc2ncnc(N)n2n1. The van der Waals surface area contributed by atoms with E-state index in [2.05, 4.69) is 19.8 Å². The first-order valence-corrected chi connectivity index (χ1v) is 3.77. The van der Waals surface area contributed by atoms with Gasteiger partial charge in [-0.1, -0.05) is 0 Å². The molecule has 0 bridgehead atoms. The van der Waals surface area contributed by atoms with Crippen LogP contribution in [-0.4, -0.2) is 32.7 Å². The van der Waals surface area contributed by atoms with Crippen LogP contribution < -0.4 is 5.73 Å². The topological polar surface area (TPSA) is 95.4 Å². The van der Waals surface area contributed by atoms with Crippen molar-refractivity contribution in [1.29, 1.82) is 0 Å². The number of carbonyl (C=O) groups excluding carboxylic acids is 1. The smallest absolute Gasteiger partial charge is 0.358 e. The van der Waals surface area contributed by atoms with Gasteiger partial charge in [0, 0.05) is 6.07 Å². The van der Waals surface area contributed by atoms with Gasteiger partial charge in [0.15, 0.2) is 11.3 Å². The molecule has 0 saturated heterocycles. The average molecular weight is 193 g/mol. The Hall–Kier alpha value is -2.18. The summed E-state index contributed by atoms with van der Waals surface area (Å²) in [6.07, 6.45) is 1.30. The highest BCUT2D eigenvalue weighted by molar-refractivity contribution is 5.88. The quantitative estimate of drug-likeness (QED) is 0.613. The van der Waals surface area contributed by atoms with Gasteiger partial charge < -0.3 is 10.5 Å². The molecule has 0 aliphatic rings. The minimum Gasteiger partial charge on any atom is -0.464 e. The highest BCUT2D eigenvalue weighted by atomic mass is 16.5. The lowest BCUT2D eigenvalue weighted by Gasteiger charge is -1.93. The zero-order valence-corrected chi connectivity index (χ0v) is 7.34. The number of hydrogen-bond acceptors (Lipinski definition) is 6. The van der Waals surface area contributed by atoms with Gasteiger partial charge in [0.2, 0.25) is 5.95 Å². The molecule has 2 rings (SSSR count). The van der Waals surface area contributed by atoms with E-state index in [9.17, 15) is 4.79 Å². The number of methoxy groups -OCH3 is 1. The summed E-state index contributed by atoms with van der Waals surface area (Å²) >= 11 is 0. The summed E-state index contributed by atoms with van der Waals surface area (Å²) in [7, 11) is 1.28. The maximum absolute atomic E-state index is 11.1. The van der Waals surface area contributed by atoms with Gasteiger partial charge in [0.25, 0.3) is 0 Å². The molecule has 2 aromatic heterocycles. The molecule has 2 N–H and O–H groups in total. The average Bonchev–Trinajstić information content (AvgIpc) is 2.62. The Morgan fingerprint density at radius 2 is 2.36 bits per heavy atom. The molecule has 14 heavy (non-hydrogen) atoms. The second-order valence-electron chi connectivity index (χ2n) is 2.52. The minimum atomic E-state index is -0.532. The van der Waals surface area contributed by atoms with Gasteiger partial charge in [-0.15, -0.1) is 0 Å². The maximum Gasteiger partial charge on any atom is 0.358 e. The molecule has 0 aliphatic carbocycles. The van der Waals surface area contributed by atoms with Gasteiger partial charge in [-0.25, -0.2) is 14.8 Å². The van der Waals surface area contributed by atoms with Crippen molar-refractivity contribution in [2.24, 2.45) is 0 Å². The molecule has 0 aromatic carbocycles. The van der Waals surface area contributed by atoms with Crippen LogP contribution in [0.5, 0.6) is 0 Å². The fourth-order valence-electron chi connectivity index (χ4n) is 1.04. The number of hydrogen-bond donors (Lipinski definition) is 1. The zero-order chi connectivity index (χ0) is 10.1. The van der Waals surface area contributed by atoms with E-state index < -0.39 is 5.97 Å². The predicted molar refractivity (Wildman–Crippen MR) is 46.5 cm³/mol. The fraction of sp³-hybridized carbons (Fsp3) is 0.143. The van der Waals surface area contributed by atoms with E-state index >= 15 is 0 Å². The molecular weight excluding hydrogens is 186 g/mol. The highest BCUT2D eigenvalue weighted by Gasteiger charge is 2.12. The number of anilines is 1. The van der Waals surface area contributed by atoms with Crippen LogP contribution in [-0.2, 0) is 4.74 Å². The summed E-state index contributed by atoms with van der Waals surface area (Å²) in [5.41, 5.74) is 6.12. The Morgan fingerprint density at radius 1 is 1.57 bits per heavy atom. The van der Waals surface area contributed by atoms with Gasteiger partial charge in [0.05, 0.1) is 7.11 Å². The lowest BCUT2D eigenvalue weighted by Crippen LogP contribution is -2.05. The van der Waals surface area contributed by atoms with Crippen LogP contribution >= 0.6 is 0 Å². The molecule has 0 fully saturated rings. The maximum atomic E-state index is 11.1. The molecule has 0 spiro atoms. The number of nitrogens with zero attached hydrogens (tertiary/aromatic N) is 4. The standard InChI is InChI=1S/C7H7N5O2/c1-14-6(13)4-2-5-9-3-10-7(8)12(5)11-4/h2-3H,1H3,(H2,8,9,10). The second kappa shape index (κ2) is 2.95. The van der Waals surface area contributed by atoms with Crippen molar-refractivity contribution in [3.8, 4) is 0 Å². The molecule has 0 unspecified atom stereocenters. The number of aromatic nitrogens is 4. The Morgan fingerprint density at radius 3 is 3.00 bits per heavy atom. The van der Waals surface area contributed by atoms with Crippen LogP contribution in [0.15, 0.2) is 12.4 Å². The van der Waals surface area contributed by atoms with Crippen molar-refractivity contribution in [2.45, 2.75) is 0 Å². The van der Waals surface area contributed by atoms with Gasteiger partial charge >= 0.3 is 5.97 Å². The normalized spacial score (nSPS) is 10.4. The highest BCUT2D eigenvalue weighted by Crippen LogP contribution is 2.06. The van der Waals surface area contributed by atoms with Crippen molar-refractivity contribution in [3.05, 3.63) is 18.1 Å². The summed E-state index contributed by atoms with van der Waals surface area (Å²) in [4.78, 5) is 18.7. The number of esters is 1. The van der Waals surface area contributed by atoms with Crippen LogP contribution in [0.1, 0.15) is 10.5 Å². The van der Waals surface area contributed by atoms with Gasteiger partial charge in [-0.2, -0.15) is 9.61 Å². The zero-order valence-electron chi connectivity index (χ0n) is 7.34. The Labute approximate surface area is 78.5 Å². The summed E-state index contributed by atoms with van der Waals surface area (Å²) in [5, 5.41) is 3.88. The van der Waals surface area contributed by atoms with E-state index in [0.717, 1.165) is 0 Å². The number of ether oxygens (including phenoxy) is 1. The van der Waals surface area contributed by atoms with E-state index in [4.69, 9.17) is 5.73 Å². The molecule has 2 heterocycles. The summed E-state index contributed by atoms with van der Waals surface area (Å²) in [6.45, 7) is 0. The van der Waals surface area contributed by atoms with Crippen molar-refractivity contribution in [1.82, 2.24) is 19.6 Å². The second-order valence-corrected chi connectivity index (χ2v) is 2.52. The number of nitrogen functional groups attached to an aromatic ring is 1. The number of rotatable bonds is 1. The molecular formula is C7H7N5O2. The fourth-order valence-corrected chi connectivity index (χ4v) is 1.04. The lowest BCUT2D eigenvalue weighted by atomic mass is 10.4. The van der Waals surface area contributed by atoms with Gasteiger partial charge in [-0.05, 0) is 0 Å². The van der Waals surface area contributed by atoms with Gasteiger partial charge in [-0.3, -0.25) is 0 Å². The van der Waals surface area contributed by atoms with Crippen molar-refractivity contribution >= 4 is 17.6 Å². The number of carbonyl (C=O) groups is 1. The van der Waals surface area contributed by atoms with E-state index in [1.807, 2.05) is 0 Å². The summed E-state index contributed by atoms with van der Waals surface area (Å²) in [6, 6.07) is 1.48. The van der Waals surface area contributed by atoms with Crippen molar-refractivity contribution < 1.29 is 9.53 Å². The first-order valence-electron chi connectivity index (χ1n) is 3.77. The van der Waals surface area contributed by atoms with Crippen LogP contribution in [0, 0.1) is 0 Å². The molecule has 72 valence electrons. The summed E-state index contributed by atoms with van der Waals surface area (Å²) in [5.74, 6) is -0.361. The van der Waals surface area contributed by atoms with E-state index in [0.29, 0.717) is 5.65 Å². The molecule has 0 aliphatic heterocycles. The van der Waals surface area contributed by atoms with E-state index in [1.165, 1.54) is 24.0 Å². The lowest BCUT2D eigenvalue weighted by molar-refractivity contribution is 0.0593. The van der Waals surface area contributed by atoms with Crippen LogP contribution in [0.2, 0.25) is 0 Å². The molecule has 0 radical (unpaired) electrons. The summed E-state index contributed by atoms with van der Waals surface area (Å²) < 4.78 is 5.77. The number of nitrogens with two attached hydrogens (primary N) is 1. The molecule has 0 atom stereocenters. The first kappa shape index (κ1) is 8.42. The Balaban J connectivity index is 2.62. The Kier molecular flexibility index (Phi) is 1.77. The van der Waals surface area contributed by atoms with Crippen LogP contribution in [0.3, 0.4) is 0 Å². The van der Waals surface area contributed by atoms with Crippen molar-refractivity contribution in [2.75, 3.05) is 12.8 Å². The van der Waals surface area contributed by atoms with E-state index in [1.54, 1.807) is 0 Å². The first-order chi connectivity index (χ1) is 6.72. The monoisotopic (exact) mass is 193 g/mol. The van der Waals surface area contributed by atoms with Gasteiger partial charge in [0.1, 0.15) is 6.33 Å². The van der Waals surface area contributed by atoms with Crippen LogP contribution in [0.25, 0.3) is 5.65 Å². The predicted octanol–water partition coefficient (Wildman–Crippen LogP) is -0.507.